The van der Waals surface area contributed by atoms with Crippen LogP contribution in [-0.4, -0.2) is 14.3 Å². The Morgan fingerprint density at radius 2 is 1.88 bits per heavy atom. The third-order valence-electron chi connectivity index (χ3n) is 3.70. The molecule has 0 bridgehead atoms. The SMILES string of the molecule is O=C(NNS(=O)(=O)c1cc(Cl)ccc1Cl)c1cc2c(s1)CCCC2. The van der Waals surface area contributed by atoms with E-state index < -0.39 is 15.9 Å². The van der Waals surface area contributed by atoms with Crippen molar-refractivity contribution in [3.63, 3.8) is 0 Å². The lowest BCUT2D eigenvalue weighted by Crippen LogP contribution is -2.41. The van der Waals surface area contributed by atoms with Crippen molar-refractivity contribution in [1.82, 2.24) is 10.3 Å². The van der Waals surface area contributed by atoms with Crippen LogP contribution in [0.5, 0.6) is 0 Å². The molecule has 0 aliphatic heterocycles. The molecule has 1 aliphatic rings. The van der Waals surface area contributed by atoms with Gasteiger partial charge in [0.15, 0.2) is 0 Å². The normalized spacial score (nSPS) is 14.2. The highest BCUT2D eigenvalue weighted by atomic mass is 35.5. The molecule has 2 aromatic rings. The first-order chi connectivity index (χ1) is 11.4. The van der Waals surface area contributed by atoms with Crippen LogP contribution in [0.1, 0.15) is 33.0 Å². The molecule has 0 fully saturated rings. The molecule has 2 N–H and O–H groups in total. The topological polar surface area (TPSA) is 75.3 Å². The van der Waals surface area contributed by atoms with Gasteiger partial charge in [-0.2, -0.15) is 0 Å². The summed E-state index contributed by atoms with van der Waals surface area (Å²) in [5.41, 5.74) is 3.40. The van der Waals surface area contributed by atoms with Crippen LogP contribution in [0.3, 0.4) is 0 Å². The maximum Gasteiger partial charge on any atom is 0.276 e. The molecule has 3 rings (SSSR count). The number of benzene rings is 1. The van der Waals surface area contributed by atoms with Crippen LogP contribution in [0.4, 0.5) is 0 Å². The van der Waals surface area contributed by atoms with Crippen LogP contribution in [0, 0.1) is 0 Å². The van der Waals surface area contributed by atoms with Gasteiger partial charge in [-0.15, -0.1) is 16.2 Å². The number of amides is 1. The number of carbonyl (C=O) groups is 1. The van der Waals surface area contributed by atoms with Gasteiger partial charge in [-0.3, -0.25) is 10.2 Å². The molecule has 1 aliphatic carbocycles. The van der Waals surface area contributed by atoms with E-state index in [4.69, 9.17) is 23.2 Å². The first kappa shape index (κ1) is 17.7. The lowest BCUT2D eigenvalue weighted by molar-refractivity contribution is 0.0949. The molecular formula is C15H14Cl2N2O3S2. The highest BCUT2D eigenvalue weighted by Crippen LogP contribution is 2.29. The van der Waals surface area contributed by atoms with Crippen molar-refractivity contribution in [2.45, 2.75) is 30.6 Å². The number of carbonyl (C=O) groups excluding carboxylic acids is 1. The molecule has 0 spiro atoms. The molecule has 9 heteroatoms. The number of hydrazine groups is 1. The van der Waals surface area contributed by atoms with Crippen molar-refractivity contribution in [1.29, 1.82) is 0 Å². The number of rotatable bonds is 4. The van der Waals surface area contributed by atoms with Crippen LogP contribution in [0.15, 0.2) is 29.2 Å². The second-order valence-corrected chi connectivity index (χ2v) is 9.03. The molecular weight excluding hydrogens is 391 g/mol. The second-order valence-electron chi connectivity index (χ2n) is 5.40. The molecule has 24 heavy (non-hydrogen) atoms. The summed E-state index contributed by atoms with van der Waals surface area (Å²) in [6.07, 6.45) is 4.17. The fourth-order valence-electron chi connectivity index (χ4n) is 2.52. The van der Waals surface area contributed by atoms with E-state index in [-0.39, 0.29) is 14.9 Å². The number of halogens is 2. The highest BCUT2D eigenvalue weighted by Gasteiger charge is 2.21. The van der Waals surface area contributed by atoms with Crippen LogP contribution in [0.2, 0.25) is 10.0 Å². The third-order valence-corrected chi connectivity index (χ3v) is 6.90. The number of hydrogen-bond donors (Lipinski definition) is 2. The van der Waals surface area contributed by atoms with Crippen LogP contribution >= 0.6 is 34.5 Å². The molecule has 1 aromatic carbocycles. The number of hydrogen-bond acceptors (Lipinski definition) is 4. The minimum atomic E-state index is -4.01. The third kappa shape index (κ3) is 3.75. The predicted molar refractivity (Wildman–Crippen MR) is 95.2 cm³/mol. The Kier molecular flexibility index (Phi) is 5.17. The van der Waals surface area contributed by atoms with E-state index in [0.29, 0.717) is 4.88 Å². The maximum absolute atomic E-state index is 12.3. The lowest BCUT2D eigenvalue weighted by Gasteiger charge is -2.09. The molecule has 0 atom stereocenters. The minimum Gasteiger partial charge on any atom is -0.273 e. The molecule has 0 saturated carbocycles. The van der Waals surface area contributed by atoms with Crippen LogP contribution < -0.4 is 10.3 Å². The van der Waals surface area contributed by atoms with E-state index in [1.54, 1.807) is 0 Å². The molecule has 1 amide bonds. The Balaban J connectivity index is 1.73. The van der Waals surface area contributed by atoms with Crippen molar-refractivity contribution in [2.75, 3.05) is 0 Å². The Hall–Kier alpha value is -1.12. The second kappa shape index (κ2) is 7.01. The summed E-state index contributed by atoms with van der Waals surface area (Å²) in [5, 5.41) is 0.254. The van der Waals surface area contributed by atoms with E-state index in [0.717, 1.165) is 25.7 Å². The average molecular weight is 405 g/mol. The summed E-state index contributed by atoms with van der Waals surface area (Å²) in [4.78, 5) is 15.8. The molecule has 1 heterocycles. The number of thiophene rings is 1. The summed E-state index contributed by atoms with van der Waals surface area (Å²) in [6.45, 7) is 0. The monoisotopic (exact) mass is 404 g/mol. The van der Waals surface area contributed by atoms with Gasteiger partial charge in [-0.1, -0.05) is 23.2 Å². The predicted octanol–water partition coefficient (Wildman–Crippen LogP) is 3.56. The molecule has 0 unspecified atom stereocenters. The van der Waals surface area contributed by atoms with Gasteiger partial charge in [-0.05, 0) is 55.5 Å². The van der Waals surface area contributed by atoms with Gasteiger partial charge in [0.2, 0.25) is 0 Å². The van der Waals surface area contributed by atoms with Crippen molar-refractivity contribution in [3.8, 4) is 0 Å². The zero-order valence-electron chi connectivity index (χ0n) is 12.4. The quantitative estimate of drug-likeness (QED) is 0.764. The first-order valence-electron chi connectivity index (χ1n) is 7.25. The summed E-state index contributed by atoms with van der Waals surface area (Å²) in [7, 11) is -4.01. The molecule has 0 saturated heterocycles. The van der Waals surface area contributed by atoms with Crippen molar-refractivity contribution < 1.29 is 13.2 Å². The summed E-state index contributed by atoms with van der Waals surface area (Å²) >= 11 is 13.1. The van der Waals surface area contributed by atoms with E-state index in [1.807, 2.05) is 6.07 Å². The molecule has 5 nitrogen and oxygen atoms in total. The Labute approximate surface area is 154 Å². The van der Waals surface area contributed by atoms with E-state index in [1.165, 1.54) is 40.0 Å². The molecule has 128 valence electrons. The van der Waals surface area contributed by atoms with Crippen molar-refractivity contribution in [3.05, 3.63) is 49.6 Å². The maximum atomic E-state index is 12.3. The van der Waals surface area contributed by atoms with Gasteiger partial charge in [0.1, 0.15) is 4.90 Å². The number of sulfonamides is 1. The van der Waals surface area contributed by atoms with Crippen LogP contribution in [0.25, 0.3) is 0 Å². The van der Waals surface area contributed by atoms with E-state index in [2.05, 4.69) is 10.3 Å². The van der Waals surface area contributed by atoms with E-state index in [9.17, 15) is 13.2 Å². The van der Waals surface area contributed by atoms with Crippen molar-refractivity contribution >= 4 is 50.5 Å². The average Bonchev–Trinajstić information content (AvgIpc) is 2.99. The number of aryl methyl sites for hydroxylation is 2. The summed E-state index contributed by atoms with van der Waals surface area (Å²) < 4.78 is 24.5. The molecule has 1 aromatic heterocycles. The largest absolute Gasteiger partial charge is 0.276 e. The first-order valence-corrected chi connectivity index (χ1v) is 10.3. The standard InChI is InChI=1S/C15H14Cl2N2O3S2/c16-10-5-6-11(17)14(8-10)24(21,22)19-18-15(20)13-7-9-3-1-2-4-12(9)23-13/h5-8,19H,1-4H2,(H,18,20). The number of nitrogens with one attached hydrogen (secondary N) is 2. The van der Waals surface area contributed by atoms with Gasteiger partial charge in [0.25, 0.3) is 15.9 Å². The summed E-state index contributed by atoms with van der Waals surface area (Å²) in [5.74, 6) is -0.490. The van der Waals surface area contributed by atoms with E-state index >= 15 is 0 Å². The fourth-order valence-corrected chi connectivity index (χ4v) is 5.27. The Bertz CT molecular complexity index is 871. The fraction of sp³-hybridized carbons (Fsp3) is 0.267. The van der Waals surface area contributed by atoms with Gasteiger partial charge < -0.3 is 0 Å². The molecule has 0 radical (unpaired) electrons. The zero-order chi connectivity index (χ0) is 17.3. The van der Waals surface area contributed by atoms with Gasteiger partial charge in [0.05, 0.1) is 9.90 Å². The van der Waals surface area contributed by atoms with Gasteiger partial charge >= 0.3 is 0 Å². The smallest absolute Gasteiger partial charge is 0.273 e. The zero-order valence-corrected chi connectivity index (χ0v) is 15.6. The highest BCUT2D eigenvalue weighted by molar-refractivity contribution is 7.89. The minimum absolute atomic E-state index is 0.0211. The Morgan fingerprint density at radius 3 is 2.62 bits per heavy atom. The van der Waals surface area contributed by atoms with Crippen LogP contribution in [-0.2, 0) is 22.9 Å². The van der Waals surface area contributed by atoms with Gasteiger partial charge in [0, 0.05) is 9.90 Å². The summed E-state index contributed by atoms with van der Waals surface area (Å²) in [6, 6.07) is 5.92. The van der Waals surface area contributed by atoms with Crippen molar-refractivity contribution in [2.24, 2.45) is 0 Å². The number of fused-ring (bicyclic) bond motifs is 1. The lowest BCUT2D eigenvalue weighted by atomic mass is 9.99. The Morgan fingerprint density at radius 1 is 1.12 bits per heavy atom. The van der Waals surface area contributed by atoms with Gasteiger partial charge in [-0.25, -0.2) is 8.42 Å².